The third kappa shape index (κ3) is 6.25. The van der Waals surface area contributed by atoms with Gasteiger partial charge in [0.15, 0.2) is 10.7 Å². The number of carbonyl (C=O) groups excluding carboxylic acids is 1. The first-order chi connectivity index (χ1) is 16.9. The Kier molecular flexibility index (Phi) is 7.77. The molecule has 4 aromatic rings. The number of nitrogens with zero attached hydrogens (tertiary/aromatic N) is 1. The number of nitrogens with one attached hydrogen (secondary N) is 2. The summed E-state index contributed by atoms with van der Waals surface area (Å²) in [5, 5.41) is 6.05. The second-order valence-corrected chi connectivity index (χ2v) is 9.02. The van der Waals surface area contributed by atoms with Gasteiger partial charge in [0.25, 0.3) is 5.91 Å². The molecule has 7 heteroatoms. The van der Waals surface area contributed by atoms with Crippen LogP contribution < -0.4 is 15.4 Å². The van der Waals surface area contributed by atoms with Crippen molar-refractivity contribution in [3.05, 3.63) is 83.4 Å². The van der Waals surface area contributed by atoms with Crippen LogP contribution in [0.2, 0.25) is 0 Å². The molecule has 0 fully saturated rings. The molecule has 0 unspecified atom stereocenters. The lowest BCUT2D eigenvalue weighted by molar-refractivity contribution is 0.0976. The SMILES string of the molecule is CCCOc1cccc(C(=O)NC(=S)NCc2ccc(-c3nc4cc(C(C)C)ccc4o3)cc2)c1. The average molecular weight is 488 g/mol. The zero-order valence-corrected chi connectivity index (χ0v) is 20.9. The summed E-state index contributed by atoms with van der Waals surface area (Å²) in [6, 6.07) is 21.1. The number of aromatic nitrogens is 1. The number of oxazole rings is 1. The van der Waals surface area contributed by atoms with Crippen molar-refractivity contribution in [1.82, 2.24) is 15.6 Å². The quantitative estimate of drug-likeness (QED) is 0.288. The number of rotatable bonds is 8. The van der Waals surface area contributed by atoms with E-state index in [-0.39, 0.29) is 11.0 Å². The van der Waals surface area contributed by atoms with Gasteiger partial charge in [-0.3, -0.25) is 10.1 Å². The fraction of sp³-hybridized carbons (Fsp3) is 0.250. The van der Waals surface area contributed by atoms with Crippen LogP contribution in [0.15, 0.2) is 71.1 Å². The van der Waals surface area contributed by atoms with Gasteiger partial charge in [-0.05, 0) is 78.1 Å². The van der Waals surface area contributed by atoms with Gasteiger partial charge >= 0.3 is 0 Å². The number of thiocarbonyl (C=S) groups is 1. The standard InChI is InChI=1S/C28H29N3O3S/c1-4-14-33-23-7-5-6-22(15-23)26(32)31-28(35)29-17-19-8-10-20(11-9-19)27-30-24-16-21(18(2)3)12-13-25(24)34-27/h5-13,15-16,18H,4,14,17H2,1-3H3,(H2,29,31,32,35). The molecule has 2 N–H and O–H groups in total. The molecule has 180 valence electrons. The van der Waals surface area contributed by atoms with Crippen molar-refractivity contribution in [3.63, 3.8) is 0 Å². The summed E-state index contributed by atoms with van der Waals surface area (Å²) in [5.41, 5.74) is 5.28. The zero-order chi connectivity index (χ0) is 24.8. The minimum absolute atomic E-state index is 0.263. The fourth-order valence-corrected chi connectivity index (χ4v) is 3.71. The number of benzene rings is 3. The minimum Gasteiger partial charge on any atom is -0.494 e. The lowest BCUT2D eigenvalue weighted by Crippen LogP contribution is -2.38. The molecule has 35 heavy (non-hydrogen) atoms. The number of carbonyl (C=O) groups is 1. The van der Waals surface area contributed by atoms with Crippen LogP contribution in [0.4, 0.5) is 0 Å². The van der Waals surface area contributed by atoms with Gasteiger partial charge in [-0.1, -0.05) is 45.0 Å². The van der Waals surface area contributed by atoms with E-state index in [1.165, 1.54) is 5.56 Å². The van der Waals surface area contributed by atoms with Gasteiger partial charge in [-0.2, -0.15) is 0 Å². The maximum Gasteiger partial charge on any atom is 0.257 e. The van der Waals surface area contributed by atoms with Crippen LogP contribution in [0.25, 0.3) is 22.6 Å². The Morgan fingerprint density at radius 1 is 1.09 bits per heavy atom. The molecule has 1 amide bonds. The summed E-state index contributed by atoms with van der Waals surface area (Å²) in [7, 11) is 0. The van der Waals surface area contributed by atoms with E-state index in [0.717, 1.165) is 28.6 Å². The van der Waals surface area contributed by atoms with E-state index in [2.05, 4.69) is 41.6 Å². The van der Waals surface area contributed by atoms with Crippen LogP contribution in [0.1, 0.15) is 54.6 Å². The lowest BCUT2D eigenvalue weighted by Gasteiger charge is -2.11. The minimum atomic E-state index is -0.281. The number of amides is 1. The topological polar surface area (TPSA) is 76.4 Å². The van der Waals surface area contributed by atoms with Gasteiger partial charge in [-0.15, -0.1) is 0 Å². The van der Waals surface area contributed by atoms with Crippen LogP contribution in [-0.4, -0.2) is 22.6 Å². The van der Waals surface area contributed by atoms with E-state index in [0.29, 0.717) is 36.3 Å². The summed E-state index contributed by atoms with van der Waals surface area (Å²) in [6.45, 7) is 7.44. The highest BCUT2D eigenvalue weighted by Crippen LogP contribution is 2.27. The molecule has 0 aliphatic rings. The first-order valence-corrected chi connectivity index (χ1v) is 12.2. The molecule has 0 spiro atoms. The van der Waals surface area contributed by atoms with Crippen LogP contribution in [-0.2, 0) is 6.54 Å². The van der Waals surface area contributed by atoms with Gasteiger partial charge in [0, 0.05) is 17.7 Å². The van der Waals surface area contributed by atoms with Crippen molar-refractivity contribution in [3.8, 4) is 17.2 Å². The molecule has 0 bridgehead atoms. The maximum absolute atomic E-state index is 12.5. The van der Waals surface area contributed by atoms with Crippen LogP contribution in [0.5, 0.6) is 5.75 Å². The normalized spacial score (nSPS) is 11.0. The summed E-state index contributed by atoms with van der Waals surface area (Å²) < 4.78 is 11.5. The molecule has 0 aliphatic carbocycles. The van der Waals surface area contributed by atoms with E-state index in [1.807, 2.05) is 43.3 Å². The van der Waals surface area contributed by atoms with Crippen molar-refractivity contribution in [2.24, 2.45) is 0 Å². The molecule has 0 atom stereocenters. The third-order valence-electron chi connectivity index (χ3n) is 5.53. The molecule has 0 aliphatic heterocycles. The fourth-order valence-electron chi connectivity index (χ4n) is 3.54. The summed E-state index contributed by atoms with van der Waals surface area (Å²) in [4.78, 5) is 17.2. The van der Waals surface area contributed by atoms with Crippen molar-refractivity contribution >= 4 is 34.3 Å². The van der Waals surface area contributed by atoms with Gasteiger partial charge in [0.05, 0.1) is 6.61 Å². The van der Waals surface area contributed by atoms with Crippen molar-refractivity contribution < 1.29 is 13.9 Å². The summed E-state index contributed by atoms with van der Waals surface area (Å²) >= 11 is 5.30. The Bertz CT molecular complexity index is 1330. The Hall–Kier alpha value is -3.71. The number of hydrogen-bond donors (Lipinski definition) is 2. The summed E-state index contributed by atoms with van der Waals surface area (Å²) in [6.07, 6.45) is 0.902. The Balaban J connectivity index is 1.33. The monoisotopic (exact) mass is 487 g/mol. The van der Waals surface area contributed by atoms with Gasteiger partial charge in [0.1, 0.15) is 11.3 Å². The molecule has 0 saturated heterocycles. The van der Waals surface area contributed by atoms with E-state index < -0.39 is 0 Å². The van der Waals surface area contributed by atoms with E-state index in [4.69, 9.17) is 21.4 Å². The van der Waals surface area contributed by atoms with Crippen molar-refractivity contribution in [1.29, 1.82) is 0 Å². The highest BCUT2D eigenvalue weighted by atomic mass is 32.1. The molecular formula is C28H29N3O3S. The molecule has 0 radical (unpaired) electrons. The van der Waals surface area contributed by atoms with E-state index >= 15 is 0 Å². The third-order valence-corrected chi connectivity index (χ3v) is 5.77. The van der Waals surface area contributed by atoms with Crippen LogP contribution in [0, 0.1) is 0 Å². The van der Waals surface area contributed by atoms with E-state index in [1.54, 1.807) is 18.2 Å². The molecule has 1 heterocycles. The van der Waals surface area contributed by atoms with E-state index in [9.17, 15) is 4.79 Å². The molecular weight excluding hydrogens is 458 g/mol. The molecule has 1 aromatic heterocycles. The van der Waals surface area contributed by atoms with Crippen LogP contribution >= 0.6 is 12.2 Å². The zero-order valence-electron chi connectivity index (χ0n) is 20.1. The second kappa shape index (κ2) is 11.1. The Morgan fingerprint density at radius 2 is 1.89 bits per heavy atom. The largest absolute Gasteiger partial charge is 0.494 e. The van der Waals surface area contributed by atoms with Crippen molar-refractivity contribution in [2.45, 2.75) is 39.7 Å². The van der Waals surface area contributed by atoms with Gasteiger partial charge in [-0.25, -0.2) is 4.98 Å². The molecule has 4 rings (SSSR count). The lowest BCUT2D eigenvalue weighted by atomic mass is 10.0. The predicted octanol–water partition coefficient (Wildman–Crippen LogP) is 6.21. The highest BCUT2D eigenvalue weighted by molar-refractivity contribution is 7.80. The first kappa shape index (κ1) is 24.4. The van der Waals surface area contributed by atoms with Crippen molar-refractivity contribution in [2.75, 3.05) is 6.61 Å². The predicted molar refractivity (Wildman–Crippen MR) is 143 cm³/mol. The number of fused-ring (bicyclic) bond motifs is 1. The highest BCUT2D eigenvalue weighted by Gasteiger charge is 2.11. The number of hydrogen-bond acceptors (Lipinski definition) is 5. The molecule has 6 nitrogen and oxygen atoms in total. The number of ether oxygens (including phenoxy) is 1. The summed E-state index contributed by atoms with van der Waals surface area (Å²) in [5.74, 6) is 1.41. The van der Waals surface area contributed by atoms with Gasteiger partial charge < -0.3 is 14.5 Å². The smallest absolute Gasteiger partial charge is 0.257 e. The average Bonchev–Trinajstić information content (AvgIpc) is 3.30. The second-order valence-electron chi connectivity index (χ2n) is 8.61. The maximum atomic E-state index is 12.5. The Labute approximate surface area is 210 Å². The Morgan fingerprint density at radius 3 is 2.63 bits per heavy atom. The molecule has 3 aromatic carbocycles. The first-order valence-electron chi connectivity index (χ1n) is 11.7. The molecule has 0 saturated carbocycles. The van der Waals surface area contributed by atoms with Crippen LogP contribution in [0.3, 0.4) is 0 Å². The van der Waals surface area contributed by atoms with Gasteiger partial charge in [0.2, 0.25) is 5.89 Å².